The molecule has 0 bridgehead atoms. The average molecular weight is 198 g/mol. The number of aromatic amines is 1. The van der Waals surface area contributed by atoms with Crippen LogP contribution < -0.4 is 5.76 Å². The summed E-state index contributed by atoms with van der Waals surface area (Å²) in [5.41, 5.74) is 0.792. The summed E-state index contributed by atoms with van der Waals surface area (Å²) < 4.78 is 8.53. The summed E-state index contributed by atoms with van der Waals surface area (Å²) in [7, 11) is 0. The first-order valence-electron chi connectivity index (χ1n) is 3.68. The SMILES string of the molecule is CCc1nnsc1-c1n[nH]c(=O)o1. The van der Waals surface area contributed by atoms with Crippen LogP contribution in [0.5, 0.6) is 0 Å². The largest absolute Gasteiger partial charge is 0.434 e. The molecular weight excluding hydrogens is 192 g/mol. The van der Waals surface area contributed by atoms with E-state index in [4.69, 9.17) is 4.42 Å². The number of aromatic nitrogens is 4. The smallest absolute Gasteiger partial charge is 0.387 e. The zero-order chi connectivity index (χ0) is 9.26. The zero-order valence-electron chi connectivity index (χ0n) is 6.77. The molecule has 0 unspecified atom stereocenters. The van der Waals surface area contributed by atoms with Gasteiger partial charge in [0, 0.05) is 0 Å². The van der Waals surface area contributed by atoms with Crippen molar-refractivity contribution < 1.29 is 4.42 Å². The standard InChI is InChI=1S/C6H6N4O2S/c1-2-3-4(13-10-7-3)5-8-9-6(11)12-5/h2H2,1H3,(H,9,11). The molecule has 2 aromatic heterocycles. The predicted octanol–water partition coefficient (Wildman–Crippen LogP) is 0.444. The van der Waals surface area contributed by atoms with E-state index in [0.717, 1.165) is 23.6 Å². The molecule has 0 radical (unpaired) electrons. The Balaban J connectivity index is 2.51. The van der Waals surface area contributed by atoms with Gasteiger partial charge in [-0.3, -0.25) is 0 Å². The third-order valence-electron chi connectivity index (χ3n) is 1.52. The monoisotopic (exact) mass is 198 g/mol. The van der Waals surface area contributed by atoms with Crippen molar-refractivity contribution in [2.45, 2.75) is 13.3 Å². The molecule has 13 heavy (non-hydrogen) atoms. The van der Waals surface area contributed by atoms with Crippen LogP contribution in [-0.4, -0.2) is 19.8 Å². The third kappa shape index (κ3) is 1.37. The maximum absolute atomic E-state index is 10.7. The molecule has 0 aliphatic rings. The van der Waals surface area contributed by atoms with Crippen molar-refractivity contribution in [2.24, 2.45) is 0 Å². The number of aryl methyl sites for hydroxylation is 1. The fraction of sp³-hybridized carbons (Fsp3) is 0.333. The Morgan fingerprint density at radius 1 is 1.62 bits per heavy atom. The fourth-order valence-corrected chi connectivity index (χ4v) is 1.61. The van der Waals surface area contributed by atoms with E-state index in [-0.39, 0.29) is 5.89 Å². The van der Waals surface area contributed by atoms with E-state index in [1.807, 2.05) is 6.92 Å². The Hall–Kier alpha value is -1.50. The first kappa shape index (κ1) is 8.11. The number of nitrogens with one attached hydrogen (secondary N) is 1. The van der Waals surface area contributed by atoms with Crippen LogP contribution in [-0.2, 0) is 6.42 Å². The van der Waals surface area contributed by atoms with Crippen LogP contribution in [0.2, 0.25) is 0 Å². The molecular formula is C6H6N4O2S. The Bertz CT molecular complexity index is 457. The number of hydrogen-bond acceptors (Lipinski definition) is 6. The number of rotatable bonds is 2. The van der Waals surface area contributed by atoms with Gasteiger partial charge in [0.05, 0.1) is 5.69 Å². The van der Waals surface area contributed by atoms with E-state index in [2.05, 4.69) is 19.8 Å². The normalized spacial score (nSPS) is 10.5. The highest BCUT2D eigenvalue weighted by Crippen LogP contribution is 2.22. The Morgan fingerprint density at radius 2 is 2.46 bits per heavy atom. The molecule has 0 saturated heterocycles. The van der Waals surface area contributed by atoms with E-state index in [9.17, 15) is 4.79 Å². The molecule has 0 saturated carbocycles. The van der Waals surface area contributed by atoms with Gasteiger partial charge in [0.15, 0.2) is 0 Å². The van der Waals surface area contributed by atoms with Crippen LogP contribution in [0.25, 0.3) is 10.8 Å². The quantitative estimate of drug-likeness (QED) is 0.757. The van der Waals surface area contributed by atoms with Gasteiger partial charge in [0.1, 0.15) is 4.88 Å². The minimum absolute atomic E-state index is 0.261. The van der Waals surface area contributed by atoms with Crippen LogP contribution in [0.4, 0.5) is 0 Å². The van der Waals surface area contributed by atoms with Gasteiger partial charge in [-0.1, -0.05) is 11.4 Å². The van der Waals surface area contributed by atoms with Gasteiger partial charge in [0.2, 0.25) is 0 Å². The second-order valence-corrected chi connectivity index (χ2v) is 3.07. The highest BCUT2D eigenvalue weighted by atomic mass is 32.1. The van der Waals surface area contributed by atoms with Gasteiger partial charge in [-0.05, 0) is 18.0 Å². The topological polar surface area (TPSA) is 84.7 Å². The first-order chi connectivity index (χ1) is 6.31. The summed E-state index contributed by atoms with van der Waals surface area (Å²) in [6.07, 6.45) is 0.738. The highest BCUT2D eigenvalue weighted by Gasteiger charge is 2.13. The summed E-state index contributed by atoms with van der Waals surface area (Å²) in [4.78, 5) is 11.4. The van der Waals surface area contributed by atoms with Crippen LogP contribution in [0.3, 0.4) is 0 Å². The summed E-state index contributed by atoms with van der Waals surface area (Å²) >= 11 is 1.16. The van der Waals surface area contributed by atoms with Crippen molar-refractivity contribution in [1.82, 2.24) is 19.8 Å². The molecule has 1 N–H and O–H groups in total. The highest BCUT2D eigenvalue weighted by molar-refractivity contribution is 7.09. The molecule has 68 valence electrons. The van der Waals surface area contributed by atoms with Gasteiger partial charge < -0.3 is 4.42 Å². The Morgan fingerprint density at radius 3 is 3.08 bits per heavy atom. The lowest BCUT2D eigenvalue weighted by atomic mass is 10.3. The van der Waals surface area contributed by atoms with Crippen LogP contribution >= 0.6 is 11.5 Å². The number of nitrogens with zero attached hydrogens (tertiary/aromatic N) is 3. The summed E-state index contributed by atoms with van der Waals surface area (Å²) in [5.74, 6) is -0.303. The summed E-state index contributed by atoms with van der Waals surface area (Å²) in [6.45, 7) is 1.95. The van der Waals surface area contributed by atoms with E-state index in [0.29, 0.717) is 4.88 Å². The number of hydrogen-bond donors (Lipinski definition) is 1. The van der Waals surface area contributed by atoms with Crippen LogP contribution in [0.1, 0.15) is 12.6 Å². The minimum atomic E-state index is -0.564. The van der Waals surface area contributed by atoms with E-state index >= 15 is 0 Å². The molecule has 0 fully saturated rings. The Labute approximate surface area is 76.8 Å². The van der Waals surface area contributed by atoms with Crippen molar-refractivity contribution in [1.29, 1.82) is 0 Å². The molecule has 2 rings (SSSR count). The lowest BCUT2D eigenvalue weighted by Crippen LogP contribution is -1.93. The Kier molecular flexibility index (Phi) is 1.93. The lowest BCUT2D eigenvalue weighted by Gasteiger charge is -1.88. The molecule has 0 spiro atoms. The molecule has 6 nitrogen and oxygen atoms in total. The molecule has 2 aromatic rings. The van der Waals surface area contributed by atoms with Gasteiger partial charge in [-0.15, -0.1) is 10.2 Å². The third-order valence-corrected chi connectivity index (χ3v) is 2.28. The van der Waals surface area contributed by atoms with Crippen LogP contribution in [0.15, 0.2) is 9.21 Å². The predicted molar refractivity (Wildman–Crippen MR) is 45.4 cm³/mol. The maximum Gasteiger partial charge on any atom is 0.434 e. The molecule has 0 amide bonds. The minimum Gasteiger partial charge on any atom is -0.387 e. The van der Waals surface area contributed by atoms with Crippen molar-refractivity contribution >= 4 is 11.5 Å². The van der Waals surface area contributed by atoms with Crippen molar-refractivity contribution in [3.8, 4) is 10.8 Å². The van der Waals surface area contributed by atoms with Crippen molar-refractivity contribution in [3.63, 3.8) is 0 Å². The zero-order valence-corrected chi connectivity index (χ0v) is 7.59. The summed E-state index contributed by atoms with van der Waals surface area (Å²) in [6, 6.07) is 0. The molecule has 0 aromatic carbocycles. The number of H-pyrrole nitrogens is 1. The van der Waals surface area contributed by atoms with Gasteiger partial charge in [-0.25, -0.2) is 9.89 Å². The first-order valence-corrected chi connectivity index (χ1v) is 4.45. The molecule has 0 aliphatic heterocycles. The van der Waals surface area contributed by atoms with Crippen molar-refractivity contribution in [3.05, 3.63) is 16.2 Å². The van der Waals surface area contributed by atoms with E-state index in [1.165, 1.54) is 0 Å². The summed E-state index contributed by atoms with van der Waals surface area (Å²) in [5, 5.41) is 9.75. The van der Waals surface area contributed by atoms with Crippen molar-refractivity contribution in [2.75, 3.05) is 0 Å². The van der Waals surface area contributed by atoms with Crippen LogP contribution in [0, 0.1) is 0 Å². The maximum atomic E-state index is 10.7. The molecule has 0 aliphatic carbocycles. The lowest BCUT2D eigenvalue weighted by molar-refractivity contribution is 0.527. The molecule has 0 atom stereocenters. The molecule has 7 heteroatoms. The van der Waals surface area contributed by atoms with Gasteiger partial charge >= 0.3 is 5.76 Å². The van der Waals surface area contributed by atoms with E-state index < -0.39 is 5.76 Å². The molecule has 2 heterocycles. The average Bonchev–Trinajstić information content (AvgIpc) is 2.71. The van der Waals surface area contributed by atoms with E-state index in [1.54, 1.807) is 0 Å². The van der Waals surface area contributed by atoms with Gasteiger partial charge in [-0.2, -0.15) is 0 Å². The second-order valence-electron chi connectivity index (χ2n) is 2.32. The second kappa shape index (κ2) is 3.09. The fourth-order valence-electron chi connectivity index (χ4n) is 0.929. The van der Waals surface area contributed by atoms with Gasteiger partial charge in [0.25, 0.3) is 5.89 Å².